The predicted molar refractivity (Wildman–Crippen MR) is 99.7 cm³/mol. The van der Waals surface area contributed by atoms with Gasteiger partial charge in [0.1, 0.15) is 0 Å². The van der Waals surface area contributed by atoms with Crippen LogP contribution in [-0.2, 0) is 11.3 Å². The fourth-order valence-corrected chi connectivity index (χ4v) is 4.79. The summed E-state index contributed by atoms with van der Waals surface area (Å²) in [5, 5.41) is 12.5. The zero-order valence-corrected chi connectivity index (χ0v) is 15.2. The number of amides is 1. The first-order valence-electron chi connectivity index (χ1n) is 9.30. The Labute approximate surface area is 153 Å². The summed E-state index contributed by atoms with van der Waals surface area (Å²) < 4.78 is 2.10. The molecule has 1 aliphatic carbocycles. The van der Waals surface area contributed by atoms with Gasteiger partial charge in [-0.25, -0.2) is 0 Å². The number of hydrogen-bond acceptors (Lipinski definition) is 2. The van der Waals surface area contributed by atoms with Crippen molar-refractivity contribution >= 4 is 28.4 Å². The minimum absolute atomic E-state index is 0.191. The smallest absolute Gasteiger partial charge is 0.224 e. The molecular weight excluding hydrogens is 336 g/mol. The molecule has 1 aromatic heterocycles. The van der Waals surface area contributed by atoms with Gasteiger partial charge in [-0.05, 0) is 37.5 Å². The lowest BCUT2D eigenvalue weighted by Crippen LogP contribution is -2.54. The topological polar surface area (TPSA) is 45.5 Å². The van der Waals surface area contributed by atoms with Crippen LogP contribution < -0.4 is 0 Å². The SMILES string of the molecule is O=C(CCn1ccc2c(Cl)cccc21)N1CCC2(O)CCCCC2C1. The molecule has 2 unspecified atom stereocenters. The van der Waals surface area contributed by atoms with Crippen LogP contribution in [0.25, 0.3) is 10.9 Å². The number of fused-ring (bicyclic) bond motifs is 2. The second-order valence-corrected chi connectivity index (χ2v) is 7.98. The van der Waals surface area contributed by atoms with E-state index >= 15 is 0 Å². The van der Waals surface area contributed by atoms with Gasteiger partial charge in [-0.15, -0.1) is 0 Å². The second-order valence-electron chi connectivity index (χ2n) is 7.57. The van der Waals surface area contributed by atoms with Crippen molar-refractivity contribution in [2.75, 3.05) is 13.1 Å². The first-order chi connectivity index (χ1) is 12.1. The molecule has 2 aliphatic rings. The fraction of sp³-hybridized carbons (Fsp3) is 0.550. The van der Waals surface area contributed by atoms with Gasteiger partial charge in [0.2, 0.25) is 5.91 Å². The molecule has 4 rings (SSSR count). The van der Waals surface area contributed by atoms with E-state index in [4.69, 9.17) is 11.6 Å². The highest BCUT2D eigenvalue weighted by molar-refractivity contribution is 6.35. The number of piperidine rings is 1. The molecule has 4 nitrogen and oxygen atoms in total. The number of hydrogen-bond donors (Lipinski definition) is 1. The van der Waals surface area contributed by atoms with Gasteiger partial charge in [0.25, 0.3) is 0 Å². The molecule has 1 saturated carbocycles. The van der Waals surface area contributed by atoms with Crippen molar-refractivity contribution in [1.82, 2.24) is 9.47 Å². The number of aryl methyl sites for hydroxylation is 1. The Kier molecular flexibility index (Phi) is 4.50. The van der Waals surface area contributed by atoms with Gasteiger partial charge in [-0.1, -0.05) is 30.5 Å². The lowest BCUT2D eigenvalue weighted by Gasteiger charge is -2.47. The number of rotatable bonds is 3. The first-order valence-corrected chi connectivity index (χ1v) is 9.68. The molecule has 2 heterocycles. The maximum absolute atomic E-state index is 12.7. The standard InChI is InChI=1S/C20H25ClN2O2/c21-17-5-3-6-18-16(17)7-11-22(18)12-8-19(24)23-13-10-20(25)9-2-1-4-15(20)14-23/h3,5-7,11,15,25H,1-2,4,8-10,12-14H2. The van der Waals surface area contributed by atoms with Crippen molar-refractivity contribution in [3.05, 3.63) is 35.5 Å². The molecular formula is C20H25ClN2O2. The van der Waals surface area contributed by atoms with Gasteiger partial charge in [0.15, 0.2) is 0 Å². The Morgan fingerprint density at radius 1 is 1.28 bits per heavy atom. The number of aliphatic hydroxyl groups is 1. The van der Waals surface area contributed by atoms with Crippen molar-refractivity contribution in [1.29, 1.82) is 0 Å². The Hall–Kier alpha value is -1.52. The molecule has 1 N–H and O–H groups in total. The average Bonchev–Trinajstić information content (AvgIpc) is 3.03. The van der Waals surface area contributed by atoms with Gasteiger partial charge < -0.3 is 14.6 Å². The molecule has 134 valence electrons. The van der Waals surface area contributed by atoms with E-state index in [1.54, 1.807) is 0 Å². The van der Waals surface area contributed by atoms with E-state index in [-0.39, 0.29) is 11.8 Å². The Balaban J connectivity index is 1.40. The highest BCUT2D eigenvalue weighted by Crippen LogP contribution is 2.39. The van der Waals surface area contributed by atoms with Crippen LogP contribution in [0.4, 0.5) is 0 Å². The van der Waals surface area contributed by atoms with Crippen molar-refractivity contribution in [3.8, 4) is 0 Å². The molecule has 25 heavy (non-hydrogen) atoms. The van der Waals surface area contributed by atoms with E-state index < -0.39 is 5.60 Å². The van der Waals surface area contributed by atoms with Gasteiger partial charge in [-0.2, -0.15) is 0 Å². The summed E-state index contributed by atoms with van der Waals surface area (Å²) in [5.41, 5.74) is 0.545. The number of carbonyl (C=O) groups is 1. The average molecular weight is 361 g/mol. The highest BCUT2D eigenvalue weighted by atomic mass is 35.5. The van der Waals surface area contributed by atoms with Gasteiger partial charge in [0.05, 0.1) is 5.60 Å². The Morgan fingerprint density at radius 2 is 2.16 bits per heavy atom. The van der Waals surface area contributed by atoms with Gasteiger partial charge in [-0.3, -0.25) is 4.79 Å². The zero-order valence-electron chi connectivity index (χ0n) is 14.5. The molecule has 1 amide bonds. The molecule has 1 aliphatic heterocycles. The minimum Gasteiger partial charge on any atom is -0.389 e. The summed E-state index contributed by atoms with van der Waals surface area (Å²) >= 11 is 6.22. The highest BCUT2D eigenvalue weighted by Gasteiger charge is 2.43. The van der Waals surface area contributed by atoms with E-state index in [1.165, 1.54) is 6.42 Å². The van der Waals surface area contributed by atoms with Crippen LogP contribution in [-0.4, -0.2) is 39.2 Å². The Bertz CT molecular complexity index is 787. The van der Waals surface area contributed by atoms with E-state index in [9.17, 15) is 9.90 Å². The summed E-state index contributed by atoms with van der Waals surface area (Å²) in [4.78, 5) is 14.6. The summed E-state index contributed by atoms with van der Waals surface area (Å²) in [6.07, 6.45) is 7.44. The number of carbonyl (C=O) groups excluding carboxylic acids is 1. The molecule has 0 radical (unpaired) electrons. The van der Waals surface area contributed by atoms with Crippen molar-refractivity contribution in [2.24, 2.45) is 5.92 Å². The third-order valence-electron chi connectivity index (χ3n) is 6.11. The molecule has 1 aromatic carbocycles. The van der Waals surface area contributed by atoms with Gasteiger partial charge >= 0.3 is 0 Å². The van der Waals surface area contributed by atoms with Crippen molar-refractivity contribution in [2.45, 2.75) is 50.7 Å². The maximum atomic E-state index is 12.7. The number of aromatic nitrogens is 1. The third-order valence-corrected chi connectivity index (χ3v) is 6.44. The fourth-order valence-electron chi connectivity index (χ4n) is 4.55. The lowest BCUT2D eigenvalue weighted by molar-refractivity contribution is -0.143. The largest absolute Gasteiger partial charge is 0.389 e. The molecule has 0 bridgehead atoms. The summed E-state index contributed by atoms with van der Waals surface area (Å²) in [7, 11) is 0. The van der Waals surface area contributed by atoms with E-state index in [1.807, 2.05) is 35.4 Å². The summed E-state index contributed by atoms with van der Waals surface area (Å²) in [6.45, 7) is 2.06. The van der Waals surface area contributed by atoms with Crippen LogP contribution in [0.2, 0.25) is 5.02 Å². The number of halogens is 1. The van der Waals surface area contributed by atoms with Crippen LogP contribution in [0.3, 0.4) is 0 Å². The molecule has 2 aromatic rings. The summed E-state index contributed by atoms with van der Waals surface area (Å²) in [6, 6.07) is 7.87. The normalized spacial score (nSPS) is 26.6. The van der Waals surface area contributed by atoms with E-state index in [0.717, 1.165) is 41.6 Å². The molecule has 0 spiro atoms. The van der Waals surface area contributed by atoms with E-state index in [2.05, 4.69) is 4.57 Å². The molecule has 2 fully saturated rings. The minimum atomic E-state index is -0.525. The van der Waals surface area contributed by atoms with Crippen LogP contribution in [0.15, 0.2) is 30.5 Å². The van der Waals surface area contributed by atoms with Crippen LogP contribution in [0.5, 0.6) is 0 Å². The molecule has 5 heteroatoms. The Morgan fingerprint density at radius 3 is 3.04 bits per heavy atom. The van der Waals surface area contributed by atoms with Crippen LogP contribution in [0, 0.1) is 5.92 Å². The van der Waals surface area contributed by atoms with Crippen molar-refractivity contribution < 1.29 is 9.90 Å². The van der Waals surface area contributed by atoms with Crippen LogP contribution in [0.1, 0.15) is 38.5 Å². The lowest BCUT2D eigenvalue weighted by atomic mass is 9.71. The van der Waals surface area contributed by atoms with Crippen LogP contribution >= 0.6 is 11.6 Å². The second kappa shape index (κ2) is 6.65. The van der Waals surface area contributed by atoms with Crippen molar-refractivity contribution in [3.63, 3.8) is 0 Å². The first kappa shape index (κ1) is 16.9. The zero-order chi connectivity index (χ0) is 17.4. The number of benzene rings is 1. The van der Waals surface area contributed by atoms with Gasteiger partial charge in [0, 0.05) is 54.1 Å². The predicted octanol–water partition coefficient (Wildman–Crippen LogP) is 3.84. The monoisotopic (exact) mass is 360 g/mol. The van der Waals surface area contributed by atoms with E-state index in [0.29, 0.717) is 26.1 Å². The number of likely N-dealkylation sites (tertiary alicyclic amines) is 1. The summed E-state index contributed by atoms with van der Waals surface area (Å²) in [5.74, 6) is 0.446. The maximum Gasteiger partial charge on any atom is 0.224 e. The molecule has 2 atom stereocenters. The number of nitrogens with zero attached hydrogens (tertiary/aromatic N) is 2. The molecule has 1 saturated heterocycles. The quantitative estimate of drug-likeness (QED) is 0.903. The third kappa shape index (κ3) is 3.18.